The van der Waals surface area contributed by atoms with Crippen molar-refractivity contribution in [2.24, 2.45) is 5.92 Å². The molecule has 0 unspecified atom stereocenters. The molecule has 0 saturated heterocycles. The highest BCUT2D eigenvalue weighted by Crippen LogP contribution is 2.33. The lowest BCUT2D eigenvalue weighted by Crippen LogP contribution is -2.11. The first-order valence-corrected chi connectivity index (χ1v) is 10.9. The Hall–Kier alpha value is -1.83. The normalized spacial score (nSPS) is 11.7. The van der Waals surface area contributed by atoms with Crippen molar-refractivity contribution in [3.8, 4) is 11.5 Å². The van der Waals surface area contributed by atoms with E-state index >= 15 is 0 Å². The zero-order chi connectivity index (χ0) is 19.6. The van der Waals surface area contributed by atoms with E-state index in [9.17, 15) is 8.42 Å². The van der Waals surface area contributed by atoms with E-state index in [4.69, 9.17) is 16.0 Å². The van der Waals surface area contributed by atoms with Crippen LogP contribution in [0, 0.1) is 5.92 Å². The van der Waals surface area contributed by atoms with E-state index in [0.717, 1.165) is 4.47 Å². The molecule has 1 N–H and O–H groups in total. The molecule has 0 aliphatic heterocycles. The number of hydrogen-bond acceptors (Lipinski definition) is 5. The molecule has 0 aliphatic carbocycles. The first-order valence-electron chi connectivity index (χ1n) is 8.28. The van der Waals surface area contributed by atoms with Crippen LogP contribution < -0.4 is 5.32 Å². The van der Waals surface area contributed by atoms with E-state index in [0.29, 0.717) is 23.0 Å². The van der Waals surface area contributed by atoms with Crippen molar-refractivity contribution in [3.63, 3.8) is 0 Å². The van der Waals surface area contributed by atoms with Gasteiger partial charge in [-0.2, -0.15) is 4.98 Å². The van der Waals surface area contributed by atoms with Crippen LogP contribution in [0.1, 0.15) is 13.8 Å². The lowest BCUT2D eigenvalue weighted by Gasteiger charge is -2.08. The van der Waals surface area contributed by atoms with Crippen LogP contribution in [0.25, 0.3) is 11.5 Å². The van der Waals surface area contributed by atoms with E-state index in [1.54, 1.807) is 36.4 Å². The molecule has 2 aromatic carbocycles. The third-order valence-corrected chi connectivity index (χ3v) is 6.20. The Balaban J connectivity index is 2.08. The number of oxazole rings is 1. The highest BCUT2D eigenvalue weighted by Gasteiger charge is 2.28. The molecule has 27 heavy (non-hydrogen) atoms. The Morgan fingerprint density at radius 3 is 2.33 bits per heavy atom. The van der Waals surface area contributed by atoms with Crippen LogP contribution in [0.3, 0.4) is 0 Å². The summed E-state index contributed by atoms with van der Waals surface area (Å²) < 4.78 is 32.8. The second-order valence-corrected chi connectivity index (χ2v) is 9.61. The van der Waals surface area contributed by atoms with Crippen LogP contribution in [-0.4, -0.2) is 19.9 Å². The molecule has 0 saturated carbocycles. The van der Waals surface area contributed by atoms with Gasteiger partial charge in [0.15, 0.2) is 0 Å². The number of anilines is 1. The van der Waals surface area contributed by atoms with Crippen LogP contribution in [0.4, 0.5) is 5.88 Å². The molecule has 8 heteroatoms. The number of sulfone groups is 1. The van der Waals surface area contributed by atoms with Crippen molar-refractivity contribution in [2.45, 2.75) is 23.8 Å². The molecule has 1 heterocycles. The molecule has 0 amide bonds. The van der Waals surface area contributed by atoms with Gasteiger partial charge in [0.05, 0.1) is 4.90 Å². The first-order chi connectivity index (χ1) is 12.8. The van der Waals surface area contributed by atoms with E-state index in [1.165, 1.54) is 12.1 Å². The number of benzene rings is 2. The molecule has 0 atom stereocenters. The fraction of sp³-hybridized carbons (Fsp3) is 0.211. The third kappa shape index (κ3) is 4.54. The number of nitrogens with one attached hydrogen (secondary N) is 1. The second kappa shape index (κ2) is 8.04. The predicted octanol–water partition coefficient (Wildman–Crippen LogP) is 5.66. The minimum atomic E-state index is -3.84. The van der Waals surface area contributed by atoms with Gasteiger partial charge in [0.2, 0.25) is 26.6 Å². The average molecular weight is 470 g/mol. The summed E-state index contributed by atoms with van der Waals surface area (Å²) in [6.45, 7) is 4.59. The zero-order valence-corrected chi connectivity index (χ0v) is 17.9. The summed E-state index contributed by atoms with van der Waals surface area (Å²) in [7, 11) is -3.84. The molecule has 0 radical (unpaired) electrons. The summed E-state index contributed by atoms with van der Waals surface area (Å²) in [4.78, 5) is 4.43. The van der Waals surface area contributed by atoms with Gasteiger partial charge >= 0.3 is 0 Å². The first kappa shape index (κ1) is 19.9. The summed E-state index contributed by atoms with van der Waals surface area (Å²) >= 11 is 9.23. The molecule has 0 bridgehead atoms. The zero-order valence-electron chi connectivity index (χ0n) is 14.7. The van der Waals surface area contributed by atoms with Gasteiger partial charge in [0.1, 0.15) is 0 Å². The fourth-order valence-electron chi connectivity index (χ4n) is 2.34. The van der Waals surface area contributed by atoms with Crippen molar-refractivity contribution in [1.29, 1.82) is 0 Å². The quantitative estimate of drug-likeness (QED) is 0.504. The fourth-order valence-corrected chi connectivity index (χ4v) is 4.01. The molecule has 3 rings (SSSR count). The van der Waals surface area contributed by atoms with Gasteiger partial charge in [-0.05, 0) is 54.4 Å². The highest BCUT2D eigenvalue weighted by atomic mass is 79.9. The smallest absolute Gasteiger partial charge is 0.233 e. The number of nitrogens with zero attached hydrogens (tertiary/aromatic N) is 1. The summed E-state index contributed by atoms with van der Waals surface area (Å²) in [6, 6.07) is 13.3. The lowest BCUT2D eigenvalue weighted by atomic mass is 10.2. The highest BCUT2D eigenvalue weighted by molar-refractivity contribution is 9.10. The van der Waals surface area contributed by atoms with E-state index in [2.05, 4.69) is 26.2 Å². The van der Waals surface area contributed by atoms with E-state index in [1.807, 2.05) is 13.8 Å². The average Bonchev–Trinajstić information content (AvgIpc) is 3.06. The Bertz CT molecular complexity index is 1030. The van der Waals surface area contributed by atoms with Crippen molar-refractivity contribution in [2.75, 3.05) is 11.9 Å². The Labute approximate surface area is 171 Å². The molecule has 0 spiro atoms. The SMILES string of the molecule is CC(C)CNc1oc(-c2ccc(Cl)cc2)nc1S(=O)(=O)c1ccc(Br)cc1. The summed E-state index contributed by atoms with van der Waals surface area (Å²) in [5.41, 5.74) is 0.643. The lowest BCUT2D eigenvalue weighted by molar-refractivity contribution is 0.567. The number of halogens is 2. The number of rotatable bonds is 6. The van der Waals surface area contributed by atoms with Gasteiger partial charge in [-0.1, -0.05) is 41.4 Å². The van der Waals surface area contributed by atoms with Gasteiger partial charge in [-0.3, -0.25) is 0 Å². The molecule has 3 aromatic rings. The summed E-state index contributed by atoms with van der Waals surface area (Å²) in [6.07, 6.45) is 0. The summed E-state index contributed by atoms with van der Waals surface area (Å²) in [5, 5.41) is 3.50. The van der Waals surface area contributed by atoms with Gasteiger partial charge < -0.3 is 9.73 Å². The number of hydrogen-bond donors (Lipinski definition) is 1. The van der Waals surface area contributed by atoms with E-state index in [-0.39, 0.29) is 21.7 Å². The molecule has 0 aliphatic rings. The summed E-state index contributed by atoms with van der Waals surface area (Å²) in [5.74, 6) is 0.655. The molecule has 5 nitrogen and oxygen atoms in total. The Morgan fingerprint density at radius 2 is 1.74 bits per heavy atom. The largest absolute Gasteiger partial charge is 0.419 e. The van der Waals surface area contributed by atoms with Crippen LogP contribution in [0.5, 0.6) is 0 Å². The van der Waals surface area contributed by atoms with Crippen molar-refractivity contribution >= 4 is 43.3 Å². The van der Waals surface area contributed by atoms with Gasteiger partial charge in [0, 0.05) is 21.6 Å². The maximum Gasteiger partial charge on any atom is 0.233 e. The van der Waals surface area contributed by atoms with Crippen LogP contribution in [0.15, 0.2) is 67.3 Å². The van der Waals surface area contributed by atoms with Gasteiger partial charge in [-0.25, -0.2) is 8.42 Å². The molecule has 1 aromatic heterocycles. The topological polar surface area (TPSA) is 72.2 Å². The third-order valence-electron chi connectivity index (χ3n) is 3.74. The molecule has 0 fully saturated rings. The maximum atomic E-state index is 13.1. The van der Waals surface area contributed by atoms with Crippen LogP contribution in [-0.2, 0) is 9.84 Å². The van der Waals surface area contributed by atoms with Crippen molar-refractivity contribution < 1.29 is 12.8 Å². The number of aromatic nitrogens is 1. The van der Waals surface area contributed by atoms with Crippen LogP contribution >= 0.6 is 27.5 Å². The monoisotopic (exact) mass is 468 g/mol. The maximum absolute atomic E-state index is 13.1. The van der Waals surface area contributed by atoms with Gasteiger partial charge in [-0.15, -0.1) is 0 Å². The second-order valence-electron chi connectivity index (χ2n) is 6.39. The Morgan fingerprint density at radius 1 is 1.11 bits per heavy atom. The molecular formula is C19H18BrClN2O3S. The predicted molar refractivity (Wildman–Crippen MR) is 110 cm³/mol. The van der Waals surface area contributed by atoms with Crippen molar-refractivity contribution in [3.05, 3.63) is 58.0 Å². The minimum Gasteiger partial charge on any atom is -0.419 e. The van der Waals surface area contributed by atoms with E-state index < -0.39 is 9.84 Å². The molecule has 142 valence electrons. The standard InChI is InChI=1S/C19H18BrClN2O3S/c1-12(2)11-22-18-19(27(24,25)16-9-5-14(20)6-10-16)23-17(26-18)13-3-7-15(21)8-4-13/h3-10,12,22H,11H2,1-2H3. The van der Waals surface area contributed by atoms with Gasteiger partial charge in [0.25, 0.3) is 0 Å². The Kier molecular flexibility index (Phi) is 5.93. The van der Waals surface area contributed by atoms with Crippen molar-refractivity contribution in [1.82, 2.24) is 4.98 Å². The van der Waals surface area contributed by atoms with Crippen LogP contribution in [0.2, 0.25) is 5.02 Å². The minimum absolute atomic E-state index is 0.129. The molecular weight excluding hydrogens is 452 g/mol.